The summed E-state index contributed by atoms with van der Waals surface area (Å²) in [4.78, 5) is 26.2. The van der Waals surface area contributed by atoms with Gasteiger partial charge in [0.05, 0.1) is 5.92 Å². The van der Waals surface area contributed by atoms with Crippen LogP contribution in [0.4, 0.5) is 4.79 Å². The number of carbonyl (C=O) groups is 2. The lowest BCUT2D eigenvalue weighted by Crippen LogP contribution is -2.49. The zero-order chi connectivity index (χ0) is 16.2. The number of ether oxygens (including phenoxy) is 2. The van der Waals surface area contributed by atoms with Gasteiger partial charge in [0.1, 0.15) is 5.60 Å². The standard InChI is InChI=1S/C16H28N2O4/c1-16(2,3)22-15(20)18-8-4-5-12(11-18)14(19)17-13-6-9-21-10-7-13/h12-13H,4-11H2,1-3H3,(H,17,19). The van der Waals surface area contributed by atoms with Gasteiger partial charge in [0, 0.05) is 32.3 Å². The average Bonchev–Trinajstić information content (AvgIpc) is 2.46. The maximum absolute atomic E-state index is 12.4. The second kappa shape index (κ2) is 7.31. The number of rotatable bonds is 2. The highest BCUT2D eigenvalue weighted by molar-refractivity contribution is 5.80. The summed E-state index contributed by atoms with van der Waals surface area (Å²) in [5, 5.41) is 3.10. The molecule has 0 radical (unpaired) electrons. The van der Waals surface area contributed by atoms with Crippen molar-refractivity contribution in [1.82, 2.24) is 10.2 Å². The summed E-state index contributed by atoms with van der Waals surface area (Å²) in [5.41, 5.74) is -0.506. The van der Waals surface area contributed by atoms with Crippen LogP contribution in [0.2, 0.25) is 0 Å². The maximum Gasteiger partial charge on any atom is 0.410 e. The molecule has 0 aromatic carbocycles. The molecule has 2 aliphatic rings. The Hall–Kier alpha value is -1.30. The summed E-state index contributed by atoms with van der Waals surface area (Å²) >= 11 is 0. The number of nitrogens with zero attached hydrogens (tertiary/aromatic N) is 1. The van der Waals surface area contributed by atoms with E-state index in [2.05, 4.69) is 5.32 Å². The van der Waals surface area contributed by atoms with Gasteiger partial charge in [-0.2, -0.15) is 0 Å². The normalized spacial score (nSPS) is 24.0. The highest BCUT2D eigenvalue weighted by Gasteiger charge is 2.31. The molecule has 0 aliphatic carbocycles. The van der Waals surface area contributed by atoms with Crippen molar-refractivity contribution >= 4 is 12.0 Å². The molecule has 0 saturated carbocycles. The van der Waals surface area contributed by atoms with E-state index in [4.69, 9.17) is 9.47 Å². The Balaban J connectivity index is 1.84. The molecule has 2 rings (SSSR count). The molecule has 0 spiro atoms. The number of hydrogen-bond acceptors (Lipinski definition) is 4. The SMILES string of the molecule is CC(C)(C)OC(=O)N1CCCC(C(=O)NC2CCOCC2)C1. The zero-order valence-corrected chi connectivity index (χ0v) is 13.9. The quantitative estimate of drug-likeness (QED) is 0.846. The highest BCUT2D eigenvalue weighted by atomic mass is 16.6. The average molecular weight is 312 g/mol. The number of carbonyl (C=O) groups excluding carboxylic acids is 2. The van der Waals surface area contributed by atoms with E-state index in [0.29, 0.717) is 26.3 Å². The van der Waals surface area contributed by atoms with Gasteiger partial charge < -0.3 is 19.7 Å². The Morgan fingerprint density at radius 2 is 1.86 bits per heavy atom. The van der Waals surface area contributed by atoms with E-state index in [9.17, 15) is 9.59 Å². The lowest BCUT2D eigenvalue weighted by molar-refractivity contribution is -0.127. The van der Waals surface area contributed by atoms with E-state index in [1.807, 2.05) is 20.8 Å². The molecule has 0 aromatic rings. The van der Waals surface area contributed by atoms with Crippen molar-refractivity contribution in [2.24, 2.45) is 5.92 Å². The first-order valence-corrected chi connectivity index (χ1v) is 8.21. The van der Waals surface area contributed by atoms with Crippen molar-refractivity contribution in [2.45, 2.75) is 58.1 Å². The van der Waals surface area contributed by atoms with Gasteiger partial charge in [0.15, 0.2) is 0 Å². The summed E-state index contributed by atoms with van der Waals surface area (Å²) in [5.74, 6) is -0.0794. The van der Waals surface area contributed by atoms with E-state index in [1.54, 1.807) is 4.90 Å². The first-order chi connectivity index (χ1) is 10.3. The Kier molecular flexibility index (Phi) is 5.67. The molecule has 6 nitrogen and oxygen atoms in total. The van der Waals surface area contributed by atoms with E-state index in [1.165, 1.54) is 0 Å². The molecular weight excluding hydrogens is 284 g/mol. The van der Waals surface area contributed by atoms with Gasteiger partial charge in [-0.3, -0.25) is 4.79 Å². The number of piperidine rings is 1. The maximum atomic E-state index is 12.4. The van der Waals surface area contributed by atoms with Crippen molar-refractivity contribution < 1.29 is 19.1 Å². The van der Waals surface area contributed by atoms with Crippen molar-refractivity contribution in [1.29, 1.82) is 0 Å². The zero-order valence-electron chi connectivity index (χ0n) is 13.9. The first-order valence-electron chi connectivity index (χ1n) is 8.21. The molecule has 1 atom stereocenters. The Morgan fingerprint density at radius 3 is 2.50 bits per heavy atom. The van der Waals surface area contributed by atoms with Gasteiger partial charge in [-0.25, -0.2) is 4.79 Å². The molecule has 6 heteroatoms. The summed E-state index contributed by atoms with van der Waals surface area (Å²) < 4.78 is 10.7. The predicted molar refractivity (Wildman–Crippen MR) is 82.5 cm³/mol. The molecule has 2 fully saturated rings. The van der Waals surface area contributed by atoms with Gasteiger partial charge >= 0.3 is 6.09 Å². The summed E-state index contributed by atoms with van der Waals surface area (Å²) in [6.45, 7) is 8.08. The van der Waals surface area contributed by atoms with Gasteiger partial charge in [-0.05, 0) is 46.5 Å². The lowest BCUT2D eigenvalue weighted by atomic mass is 9.96. The van der Waals surface area contributed by atoms with Gasteiger partial charge in [-0.1, -0.05) is 0 Å². The van der Waals surface area contributed by atoms with Crippen molar-refractivity contribution in [2.75, 3.05) is 26.3 Å². The summed E-state index contributed by atoms with van der Waals surface area (Å²) in [7, 11) is 0. The smallest absolute Gasteiger partial charge is 0.410 e. The highest BCUT2D eigenvalue weighted by Crippen LogP contribution is 2.20. The number of hydrogen-bond donors (Lipinski definition) is 1. The van der Waals surface area contributed by atoms with Crippen LogP contribution in [0.1, 0.15) is 46.5 Å². The van der Waals surface area contributed by atoms with E-state index >= 15 is 0 Å². The molecule has 1 N–H and O–H groups in total. The first kappa shape index (κ1) is 17.1. The Bertz CT molecular complexity index is 399. The van der Waals surface area contributed by atoms with Gasteiger partial charge in [-0.15, -0.1) is 0 Å². The molecule has 2 amide bonds. The van der Waals surface area contributed by atoms with Crippen molar-refractivity contribution in [3.63, 3.8) is 0 Å². The minimum absolute atomic E-state index is 0.0557. The molecule has 2 heterocycles. The molecule has 1 unspecified atom stereocenters. The van der Waals surface area contributed by atoms with Crippen LogP contribution in [-0.4, -0.2) is 54.8 Å². The number of amides is 2. The van der Waals surface area contributed by atoms with Crippen LogP contribution in [0.15, 0.2) is 0 Å². The minimum Gasteiger partial charge on any atom is -0.444 e. The Labute approximate surface area is 132 Å². The van der Waals surface area contributed by atoms with Crippen LogP contribution in [0, 0.1) is 5.92 Å². The molecule has 2 aliphatic heterocycles. The largest absolute Gasteiger partial charge is 0.444 e. The van der Waals surface area contributed by atoms with Crippen LogP contribution in [0.25, 0.3) is 0 Å². The molecule has 2 saturated heterocycles. The van der Waals surface area contributed by atoms with E-state index < -0.39 is 5.60 Å². The minimum atomic E-state index is -0.506. The fourth-order valence-corrected chi connectivity index (χ4v) is 2.84. The fraction of sp³-hybridized carbons (Fsp3) is 0.875. The summed E-state index contributed by atoms with van der Waals surface area (Å²) in [6.07, 6.45) is 3.08. The second-order valence-corrected chi connectivity index (χ2v) is 7.16. The third-order valence-electron chi connectivity index (χ3n) is 4.01. The van der Waals surface area contributed by atoms with E-state index in [0.717, 1.165) is 25.7 Å². The van der Waals surface area contributed by atoms with Crippen molar-refractivity contribution in [3.8, 4) is 0 Å². The monoisotopic (exact) mass is 312 g/mol. The number of likely N-dealkylation sites (tertiary alicyclic amines) is 1. The lowest BCUT2D eigenvalue weighted by Gasteiger charge is -2.34. The second-order valence-electron chi connectivity index (χ2n) is 7.16. The fourth-order valence-electron chi connectivity index (χ4n) is 2.84. The summed E-state index contributed by atoms with van der Waals surface area (Å²) in [6, 6.07) is 0.207. The van der Waals surface area contributed by atoms with Crippen LogP contribution in [0.3, 0.4) is 0 Å². The predicted octanol–water partition coefficient (Wildman–Crippen LogP) is 1.93. The van der Waals surface area contributed by atoms with E-state index in [-0.39, 0.29) is 24.0 Å². The molecule has 126 valence electrons. The molecule has 22 heavy (non-hydrogen) atoms. The Morgan fingerprint density at radius 1 is 1.18 bits per heavy atom. The number of nitrogens with one attached hydrogen (secondary N) is 1. The van der Waals surface area contributed by atoms with Crippen LogP contribution in [-0.2, 0) is 14.3 Å². The van der Waals surface area contributed by atoms with Crippen LogP contribution < -0.4 is 5.32 Å². The molecule has 0 aromatic heterocycles. The van der Waals surface area contributed by atoms with Crippen LogP contribution in [0.5, 0.6) is 0 Å². The van der Waals surface area contributed by atoms with Crippen LogP contribution >= 0.6 is 0 Å². The molecular formula is C16H28N2O4. The topological polar surface area (TPSA) is 67.9 Å². The third kappa shape index (κ3) is 5.16. The van der Waals surface area contributed by atoms with Gasteiger partial charge in [0.25, 0.3) is 0 Å². The van der Waals surface area contributed by atoms with Crippen molar-refractivity contribution in [3.05, 3.63) is 0 Å². The third-order valence-corrected chi connectivity index (χ3v) is 4.01. The molecule has 0 bridgehead atoms. The van der Waals surface area contributed by atoms with Gasteiger partial charge in [0.2, 0.25) is 5.91 Å².